The maximum atomic E-state index is 12.3. The first-order chi connectivity index (χ1) is 9.44. The second-order valence-electron chi connectivity index (χ2n) is 4.20. The second kappa shape index (κ2) is 6.26. The summed E-state index contributed by atoms with van der Waals surface area (Å²) in [5, 5.41) is 3.85. The normalized spacial score (nSPS) is 13.2. The molecule has 1 unspecified atom stereocenters. The Morgan fingerprint density at radius 1 is 1.35 bits per heavy atom. The van der Waals surface area contributed by atoms with E-state index in [1.54, 1.807) is 6.07 Å². The first-order valence-corrected chi connectivity index (χ1v) is 9.04. The molecule has 0 fully saturated rings. The summed E-state index contributed by atoms with van der Waals surface area (Å²) >= 11 is 4.83. The Morgan fingerprint density at radius 3 is 2.65 bits per heavy atom. The van der Waals surface area contributed by atoms with E-state index in [9.17, 15) is 8.42 Å². The second-order valence-corrected chi connectivity index (χ2v) is 7.54. The number of thiophene rings is 1. The Hall–Kier alpha value is -0.890. The van der Waals surface area contributed by atoms with Gasteiger partial charge in [-0.25, -0.2) is 13.1 Å². The monoisotopic (exact) mass is 375 g/mol. The molecule has 0 spiro atoms. The van der Waals surface area contributed by atoms with E-state index >= 15 is 0 Å². The van der Waals surface area contributed by atoms with Crippen LogP contribution in [0.4, 0.5) is 0 Å². The number of rotatable bonds is 5. The minimum absolute atomic E-state index is 0.201. The highest BCUT2D eigenvalue weighted by Gasteiger charge is 2.19. The minimum atomic E-state index is -3.56. The van der Waals surface area contributed by atoms with Gasteiger partial charge < -0.3 is 4.74 Å². The first-order valence-electron chi connectivity index (χ1n) is 5.82. The molecule has 0 radical (unpaired) electrons. The first kappa shape index (κ1) is 15.5. The van der Waals surface area contributed by atoms with Crippen molar-refractivity contribution in [2.24, 2.45) is 0 Å². The number of ether oxygens (including phenoxy) is 1. The van der Waals surface area contributed by atoms with E-state index in [0.29, 0.717) is 10.2 Å². The fourth-order valence-electron chi connectivity index (χ4n) is 1.70. The lowest BCUT2D eigenvalue weighted by atomic mass is 10.2. The highest BCUT2D eigenvalue weighted by molar-refractivity contribution is 9.10. The molecule has 0 bridgehead atoms. The zero-order chi connectivity index (χ0) is 14.8. The van der Waals surface area contributed by atoms with Crippen LogP contribution in [-0.2, 0) is 10.0 Å². The Balaban J connectivity index is 2.24. The van der Waals surface area contributed by atoms with Gasteiger partial charge in [0.1, 0.15) is 5.75 Å². The van der Waals surface area contributed by atoms with Crippen molar-refractivity contribution in [2.45, 2.75) is 17.9 Å². The van der Waals surface area contributed by atoms with Gasteiger partial charge in [0.05, 0.1) is 16.5 Å². The predicted octanol–water partition coefficient (Wildman–Crippen LogP) is 3.56. The predicted molar refractivity (Wildman–Crippen MR) is 83.7 cm³/mol. The van der Waals surface area contributed by atoms with Crippen molar-refractivity contribution in [3.63, 3.8) is 0 Å². The third-order valence-electron chi connectivity index (χ3n) is 2.81. The number of methoxy groups -OCH3 is 1. The number of nitrogens with one attached hydrogen (secondary N) is 1. The standard InChI is InChI=1S/C13H14BrNO3S2/c1-9(10-5-6-19-8-10)15-20(16,17)11-3-4-13(18-2)12(14)7-11/h3-9,15H,1-2H3. The molecule has 20 heavy (non-hydrogen) atoms. The number of halogens is 1. The van der Waals surface area contributed by atoms with Crippen molar-refractivity contribution < 1.29 is 13.2 Å². The van der Waals surface area contributed by atoms with Gasteiger partial charge in [0, 0.05) is 6.04 Å². The average Bonchev–Trinajstić information content (AvgIpc) is 2.92. The van der Waals surface area contributed by atoms with Gasteiger partial charge in [-0.2, -0.15) is 11.3 Å². The highest BCUT2D eigenvalue weighted by Crippen LogP contribution is 2.28. The van der Waals surface area contributed by atoms with Gasteiger partial charge in [0.2, 0.25) is 10.0 Å². The van der Waals surface area contributed by atoms with E-state index in [1.165, 1.54) is 30.6 Å². The van der Waals surface area contributed by atoms with Crippen LogP contribution in [0.1, 0.15) is 18.5 Å². The molecule has 0 amide bonds. The summed E-state index contributed by atoms with van der Waals surface area (Å²) in [5.74, 6) is 0.592. The summed E-state index contributed by atoms with van der Waals surface area (Å²) in [6.45, 7) is 1.82. The van der Waals surface area contributed by atoms with Gasteiger partial charge in [0.25, 0.3) is 0 Å². The van der Waals surface area contributed by atoms with Crippen LogP contribution in [0.5, 0.6) is 5.75 Å². The van der Waals surface area contributed by atoms with Gasteiger partial charge in [-0.3, -0.25) is 0 Å². The Bertz CT molecular complexity index is 684. The largest absolute Gasteiger partial charge is 0.496 e. The Kier molecular flexibility index (Phi) is 4.85. The summed E-state index contributed by atoms with van der Waals surface area (Å²) in [4.78, 5) is 0.201. The summed E-state index contributed by atoms with van der Waals surface area (Å²) in [7, 11) is -2.03. The topological polar surface area (TPSA) is 55.4 Å². The fraction of sp³-hybridized carbons (Fsp3) is 0.231. The minimum Gasteiger partial charge on any atom is -0.496 e. The van der Waals surface area contributed by atoms with E-state index in [4.69, 9.17) is 4.74 Å². The zero-order valence-corrected chi connectivity index (χ0v) is 14.2. The molecule has 1 aromatic carbocycles. The van der Waals surface area contributed by atoms with Gasteiger partial charge >= 0.3 is 0 Å². The lowest BCUT2D eigenvalue weighted by Gasteiger charge is -2.14. The number of sulfonamides is 1. The van der Waals surface area contributed by atoms with Gasteiger partial charge in [-0.1, -0.05) is 0 Å². The van der Waals surface area contributed by atoms with E-state index in [1.807, 2.05) is 23.8 Å². The van der Waals surface area contributed by atoms with Crippen LogP contribution in [0.2, 0.25) is 0 Å². The number of benzene rings is 1. The Morgan fingerprint density at radius 2 is 2.10 bits per heavy atom. The van der Waals surface area contributed by atoms with Crippen LogP contribution < -0.4 is 9.46 Å². The van der Waals surface area contributed by atoms with Crippen molar-refractivity contribution in [3.8, 4) is 5.75 Å². The maximum Gasteiger partial charge on any atom is 0.241 e. The SMILES string of the molecule is COc1ccc(S(=O)(=O)NC(C)c2ccsc2)cc1Br. The van der Waals surface area contributed by atoms with Crippen molar-refractivity contribution in [2.75, 3.05) is 7.11 Å². The zero-order valence-electron chi connectivity index (χ0n) is 11.0. The maximum absolute atomic E-state index is 12.3. The molecule has 1 aromatic heterocycles. The van der Waals surface area contributed by atoms with Crippen molar-refractivity contribution >= 4 is 37.3 Å². The quantitative estimate of drug-likeness (QED) is 0.868. The van der Waals surface area contributed by atoms with E-state index in [-0.39, 0.29) is 10.9 Å². The third kappa shape index (κ3) is 3.41. The van der Waals surface area contributed by atoms with Crippen LogP contribution in [0.15, 0.2) is 44.4 Å². The van der Waals surface area contributed by atoms with Crippen LogP contribution >= 0.6 is 27.3 Å². The fourth-order valence-corrected chi connectivity index (χ4v) is 4.41. The van der Waals surface area contributed by atoms with Crippen LogP contribution in [-0.4, -0.2) is 15.5 Å². The van der Waals surface area contributed by atoms with Crippen molar-refractivity contribution in [1.29, 1.82) is 0 Å². The molecule has 1 atom stereocenters. The van der Waals surface area contributed by atoms with Gasteiger partial charge in [-0.15, -0.1) is 0 Å². The smallest absolute Gasteiger partial charge is 0.241 e. The molecule has 7 heteroatoms. The molecule has 4 nitrogen and oxygen atoms in total. The lowest BCUT2D eigenvalue weighted by Crippen LogP contribution is -2.26. The number of hydrogen-bond acceptors (Lipinski definition) is 4. The molecule has 0 aliphatic heterocycles. The van der Waals surface area contributed by atoms with Crippen molar-refractivity contribution in [3.05, 3.63) is 45.1 Å². The summed E-state index contributed by atoms with van der Waals surface area (Å²) in [6.07, 6.45) is 0. The van der Waals surface area contributed by atoms with Crippen LogP contribution in [0, 0.1) is 0 Å². The molecular formula is C13H14BrNO3S2. The lowest BCUT2D eigenvalue weighted by molar-refractivity contribution is 0.411. The highest BCUT2D eigenvalue weighted by atomic mass is 79.9. The van der Waals surface area contributed by atoms with E-state index in [2.05, 4.69) is 20.7 Å². The molecule has 0 aliphatic carbocycles. The van der Waals surface area contributed by atoms with Gasteiger partial charge in [-0.05, 0) is 63.4 Å². The molecule has 1 heterocycles. The Labute approximate surface area is 131 Å². The summed E-state index contributed by atoms with van der Waals surface area (Å²) in [6, 6.07) is 6.30. The summed E-state index contributed by atoms with van der Waals surface area (Å²) in [5.41, 5.74) is 0.950. The molecule has 108 valence electrons. The van der Waals surface area contributed by atoms with E-state index in [0.717, 1.165) is 5.56 Å². The molecule has 2 rings (SSSR count). The van der Waals surface area contributed by atoms with E-state index < -0.39 is 10.0 Å². The molecule has 0 saturated heterocycles. The third-order valence-corrected chi connectivity index (χ3v) is 5.67. The molecular weight excluding hydrogens is 362 g/mol. The molecule has 2 aromatic rings. The molecule has 0 aliphatic rings. The van der Waals surface area contributed by atoms with Crippen LogP contribution in [0.3, 0.4) is 0 Å². The van der Waals surface area contributed by atoms with Crippen molar-refractivity contribution in [1.82, 2.24) is 4.72 Å². The van der Waals surface area contributed by atoms with Crippen LogP contribution in [0.25, 0.3) is 0 Å². The number of hydrogen-bond donors (Lipinski definition) is 1. The average molecular weight is 376 g/mol. The van der Waals surface area contributed by atoms with Gasteiger partial charge in [0.15, 0.2) is 0 Å². The molecule has 1 N–H and O–H groups in total. The molecule has 0 saturated carbocycles. The summed E-state index contributed by atoms with van der Waals surface area (Å²) < 4.78 is 33.0.